The number of carbonyl (C=O) groups excluding carboxylic acids is 1. The highest BCUT2D eigenvalue weighted by Crippen LogP contribution is 2.27. The minimum absolute atomic E-state index is 0.0940. The van der Waals surface area contributed by atoms with E-state index in [0.717, 1.165) is 47.1 Å². The molecule has 4 rings (SSSR count). The fourth-order valence-corrected chi connectivity index (χ4v) is 3.76. The number of primary amides is 1. The molecule has 2 N–H and O–H groups in total. The van der Waals surface area contributed by atoms with Crippen LogP contribution in [0.3, 0.4) is 0 Å². The highest BCUT2D eigenvalue weighted by atomic mass is 79.9. The molecular formula is C20H19BrN4O2. The number of benzene rings is 1. The van der Waals surface area contributed by atoms with Crippen molar-refractivity contribution in [1.29, 1.82) is 0 Å². The molecule has 2 aromatic heterocycles. The van der Waals surface area contributed by atoms with Gasteiger partial charge in [-0.15, -0.1) is 0 Å². The SMILES string of the molecule is NC(=O)c1cc(OC2CCN(c3ccc4cccc(Br)c4n3)CC2)ccn1. The van der Waals surface area contributed by atoms with Crippen LogP contribution in [0.15, 0.2) is 53.1 Å². The molecule has 138 valence electrons. The van der Waals surface area contributed by atoms with Gasteiger partial charge < -0.3 is 15.4 Å². The van der Waals surface area contributed by atoms with E-state index in [4.69, 9.17) is 15.5 Å². The molecule has 3 heterocycles. The van der Waals surface area contributed by atoms with Gasteiger partial charge in [0.2, 0.25) is 0 Å². The molecule has 1 aliphatic heterocycles. The van der Waals surface area contributed by atoms with Gasteiger partial charge in [0, 0.05) is 48.1 Å². The summed E-state index contributed by atoms with van der Waals surface area (Å²) in [6.45, 7) is 1.72. The third kappa shape index (κ3) is 3.88. The zero-order valence-corrected chi connectivity index (χ0v) is 16.2. The lowest BCUT2D eigenvalue weighted by molar-refractivity contribution is 0.0994. The van der Waals surface area contributed by atoms with Crippen molar-refractivity contribution in [3.8, 4) is 5.75 Å². The molecule has 0 radical (unpaired) electrons. The fraction of sp³-hybridized carbons (Fsp3) is 0.250. The van der Waals surface area contributed by atoms with Crippen molar-refractivity contribution in [2.24, 2.45) is 5.73 Å². The quantitative estimate of drug-likeness (QED) is 0.689. The topological polar surface area (TPSA) is 81.3 Å². The molecule has 0 atom stereocenters. The van der Waals surface area contributed by atoms with Crippen molar-refractivity contribution in [1.82, 2.24) is 9.97 Å². The largest absolute Gasteiger partial charge is 0.490 e. The van der Waals surface area contributed by atoms with Crippen LogP contribution in [0, 0.1) is 0 Å². The molecule has 1 fully saturated rings. The van der Waals surface area contributed by atoms with Crippen molar-refractivity contribution < 1.29 is 9.53 Å². The number of fused-ring (bicyclic) bond motifs is 1. The van der Waals surface area contributed by atoms with E-state index < -0.39 is 5.91 Å². The second kappa shape index (κ2) is 7.52. The van der Waals surface area contributed by atoms with Crippen LogP contribution >= 0.6 is 15.9 Å². The number of pyridine rings is 2. The first kappa shape index (κ1) is 17.7. The van der Waals surface area contributed by atoms with Gasteiger partial charge in [0.1, 0.15) is 23.4 Å². The summed E-state index contributed by atoms with van der Waals surface area (Å²) in [6, 6.07) is 13.6. The Hall–Kier alpha value is -2.67. The Bertz CT molecular complexity index is 987. The molecular weight excluding hydrogens is 408 g/mol. The van der Waals surface area contributed by atoms with Gasteiger partial charge in [-0.2, -0.15) is 0 Å². The summed E-state index contributed by atoms with van der Waals surface area (Å²) in [5, 5.41) is 1.12. The van der Waals surface area contributed by atoms with Gasteiger partial charge in [0.15, 0.2) is 0 Å². The van der Waals surface area contributed by atoms with Crippen LogP contribution in [0.2, 0.25) is 0 Å². The Balaban J connectivity index is 1.42. The maximum Gasteiger partial charge on any atom is 0.267 e. The average molecular weight is 427 g/mol. The zero-order chi connectivity index (χ0) is 18.8. The third-order valence-electron chi connectivity index (χ3n) is 4.71. The molecule has 1 amide bonds. The summed E-state index contributed by atoms with van der Waals surface area (Å²) >= 11 is 3.58. The lowest BCUT2D eigenvalue weighted by atomic mass is 10.1. The number of aromatic nitrogens is 2. The second-order valence-electron chi connectivity index (χ2n) is 6.53. The van der Waals surface area contributed by atoms with Crippen LogP contribution < -0.4 is 15.4 Å². The summed E-state index contributed by atoms with van der Waals surface area (Å²) < 4.78 is 7.02. The smallest absolute Gasteiger partial charge is 0.267 e. The van der Waals surface area contributed by atoms with Gasteiger partial charge in [-0.05, 0) is 40.2 Å². The predicted molar refractivity (Wildman–Crippen MR) is 108 cm³/mol. The molecule has 0 saturated carbocycles. The number of carbonyl (C=O) groups is 1. The molecule has 0 aliphatic carbocycles. The van der Waals surface area contributed by atoms with Crippen molar-refractivity contribution in [3.05, 3.63) is 58.8 Å². The lowest BCUT2D eigenvalue weighted by Gasteiger charge is -2.33. The first-order valence-electron chi connectivity index (χ1n) is 8.83. The monoisotopic (exact) mass is 426 g/mol. The minimum atomic E-state index is -0.552. The molecule has 0 unspecified atom stereocenters. The lowest BCUT2D eigenvalue weighted by Crippen LogP contribution is -2.38. The molecule has 1 aromatic carbocycles. The van der Waals surface area contributed by atoms with Crippen LogP contribution in [0.1, 0.15) is 23.3 Å². The van der Waals surface area contributed by atoms with E-state index in [1.54, 1.807) is 18.3 Å². The summed E-state index contributed by atoms with van der Waals surface area (Å²) in [5.74, 6) is 1.06. The number of nitrogens with zero attached hydrogens (tertiary/aromatic N) is 3. The first-order chi connectivity index (χ1) is 13.1. The molecule has 0 spiro atoms. The summed E-state index contributed by atoms with van der Waals surface area (Å²) in [7, 11) is 0. The van der Waals surface area contributed by atoms with Gasteiger partial charge in [-0.25, -0.2) is 4.98 Å². The fourth-order valence-electron chi connectivity index (χ4n) is 3.29. The normalized spacial score (nSPS) is 15.1. The van der Waals surface area contributed by atoms with Crippen LogP contribution in [0.5, 0.6) is 5.75 Å². The highest BCUT2D eigenvalue weighted by Gasteiger charge is 2.22. The minimum Gasteiger partial charge on any atom is -0.490 e. The maximum atomic E-state index is 11.2. The molecule has 1 aliphatic rings. The van der Waals surface area contributed by atoms with Gasteiger partial charge in [-0.1, -0.05) is 12.1 Å². The second-order valence-corrected chi connectivity index (χ2v) is 7.38. The maximum absolute atomic E-state index is 11.2. The number of anilines is 1. The summed E-state index contributed by atoms with van der Waals surface area (Å²) in [5.41, 5.74) is 6.47. The number of para-hydroxylation sites is 1. The van der Waals surface area contributed by atoms with Crippen LogP contribution in [0.4, 0.5) is 5.82 Å². The van der Waals surface area contributed by atoms with E-state index in [1.807, 2.05) is 12.1 Å². The van der Waals surface area contributed by atoms with Crippen molar-refractivity contribution >= 4 is 38.6 Å². The first-order valence-corrected chi connectivity index (χ1v) is 9.62. The predicted octanol–water partition coefficient (Wildman–Crippen LogP) is 3.54. The van der Waals surface area contributed by atoms with Crippen LogP contribution in [-0.2, 0) is 0 Å². The standard InChI is InChI=1S/C20H19BrN4O2/c21-16-3-1-2-13-4-5-18(24-19(13)16)25-10-7-14(8-11-25)27-15-6-9-23-17(12-15)20(22)26/h1-6,9,12,14H,7-8,10-11H2,(H2,22,26). The Morgan fingerprint density at radius 1 is 1.19 bits per heavy atom. The van der Waals surface area contributed by atoms with Crippen molar-refractivity contribution in [2.45, 2.75) is 18.9 Å². The van der Waals surface area contributed by atoms with E-state index in [-0.39, 0.29) is 11.8 Å². The number of nitrogens with two attached hydrogens (primary N) is 1. The van der Waals surface area contributed by atoms with E-state index in [9.17, 15) is 4.79 Å². The third-order valence-corrected chi connectivity index (χ3v) is 5.35. The van der Waals surface area contributed by atoms with E-state index in [1.165, 1.54) is 0 Å². The van der Waals surface area contributed by atoms with Gasteiger partial charge in [-0.3, -0.25) is 9.78 Å². The Morgan fingerprint density at radius 3 is 2.78 bits per heavy atom. The number of piperidine rings is 1. The Morgan fingerprint density at radius 2 is 2.00 bits per heavy atom. The molecule has 7 heteroatoms. The highest BCUT2D eigenvalue weighted by molar-refractivity contribution is 9.10. The van der Waals surface area contributed by atoms with Gasteiger partial charge in [0.25, 0.3) is 5.91 Å². The molecule has 3 aromatic rings. The molecule has 1 saturated heterocycles. The molecule has 6 nitrogen and oxygen atoms in total. The van der Waals surface area contributed by atoms with E-state index in [0.29, 0.717) is 5.75 Å². The van der Waals surface area contributed by atoms with Crippen molar-refractivity contribution in [2.75, 3.05) is 18.0 Å². The number of halogens is 1. The molecule has 0 bridgehead atoms. The number of rotatable bonds is 4. The average Bonchev–Trinajstić information content (AvgIpc) is 2.69. The zero-order valence-electron chi connectivity index (χ0n) is 14.6. The molecule has 27 heavy (non-hydrogen) atoms. The van der Waals surface area contributed by atoms with Crippen LogP contribution in [-0.4, -0.2) is 35.1 Å². The Kier molecular flexibility index (Phi) is 4.94. The number of hydrogen-bond donors (Lipinski definition) is 1. The van der Waals surface area contributed by atoms with E-state index in [2.05, 4.69) is 44.0 Å². The number of ether oxygens (including phenoxy) is 1. The van der Waals surface area contributed by atoms with Gasteiger partial charge in [0.05, 0.1) is 5.52 Å². The van der Waals surface area contributed by atoms with E-state index >= 15 is 0 Å². The van der Waals surface area contributed by atoms with Crippen LogP contribution in [0.25, 0.3) is 10.9 Å². The summed E-state index contributed by atoms with van der Waals surface area (Å²) in [4.78, 5) is 22.3. The number of amides is 1. The number of hydrogen-bond acceptors (Lipinski definition) is 5. The van der Waals surface area contributed by atoms with Crippen molar-refractivity contribution in [3.63, 3.8) is 0 Å². The Labute approximate surface area is 165 Å². The summed E-state index contributed by atoms with van der Waals surface area (Å²) in [6.07, 6.45) is 3.39. The van der Waals surface area contributed by atoms with Gasteiger partial charge >= 0.3 is 0 Å².